The highest BCUT2D eigenvalue weighted by Gasteiger charge is 2.14. The van der Waals surface area contributed by atoms with E-state index in [1.54, 1.807) is 6.07 Å². The van der Waals surface area contributed by atoms with Crippen LogP contribution in [0, 0.1) is 6.92 Å². The van der Waals surface area contributed by atoms with E-state index in [1.165, 1.54) is 16.9 Å². The highest BCUT2D eigenvalue weighted by molar-refractivity contribution is 7.14. The maximum atomic E-state index is 11.9. The molecule has 2 N–H and O–H groups in total. The van der Waals surface area contributed by atoms with Crippen LogP contribution in [0.3, 0.4) is 0 Å². The van der Waals surface area contributed by atoms with Crippen molar-refractivity contribution in [1.29, 1.82) is 0 Å². The minimum absolute atomic E-state index is 0.302. The highest BCUT2D eigenvalue weighted by atomic mass is 32.1. The van der Waals surface area contributed by atoms with Crippen molar-refractivity contribution in [3.05, 3.63) is 45.1 Å². The average Bonchev–Trinajstić information content (AvgIpc) is 3.05. The van der Waals surface area contributed by atoms with Gasteiger partial charge in [-0.15, -0.1) is 11.3 Å². The van der Waals surface area contributed by atoms with Crippen LogP contribution in [0.4, 0.5) is 5.69 Å². The van der Waals surface area contributed by atoms with Gasteiger partial charge in [0.05, 0.1) is 13.2 Å². The van der Waals surface area contributed by atoms with Crippen LogP contribution >= 0.6 is 11.3 Å². The summed E-state index contributed by atoms with van der Waals surface area (Å²) < 4.78 is 10.8. The molecule has 0 saturated heterocycles. The van der Waals surface area contributed by atoms with Crippen LogP contribution in [0.1, 0.15) is 25.7 Å². The number of hydrogen-bond donors (Lipinski definition) is 1. The molecule has 0 aliphatic carbocycles. The van der Waals surface area contributed by atoms with Gasteiger partial charge in [-0.05, 0) is 30.2 Å². The molecule has 110 valence electrons. The lowest BCUT2D eigenvalue weighted by atomic mass is 10.1. The normalized spacial score (nSPS) is 12.8. The van der Waals surface area contributed by atoms with Gasteiger partial charge in [0.25, 0.3) is 0 Å². The van der Waals surface area contributed by atoms with Crippen molar-refractivity contribution in [1.82, 2.24) is 0 Å². The molecule has 21 heavy (non-hydrogen) atoms. The molecule has 3 rings (SSSR count). The van der Waals surface area contributed by atoms with Gasteiger partial charge in [-0.25, -0.2) is 4.79 Å². The highest BCUT2D eigenvalue weighted by Crippen LogP contribution is 2.26. The Labute approximate surface area is 127 Å². The number of thiophene rings is 1. The van der Waals surface area contributed by atoms with Crippen molar-refractivity contribution >= 4 is 23.0 Å². The summed E-state index contributed by atoms with van der Waals surface area (Å²) in [4.78, 5) is 13.4. The van der Waals surface area contributed by atoms with E-state index >= 15 is 0 Å². The molecule has 1 aromatic heterocycles. The fourth-order valence-electron chi connectivity index (χ4n) is 2.32. The number of carbonyl (C=O) groups excluding carboxylic acids is 1. The Morgan fingerprint density at radius 3 is 3.05 bits per heavy atom. The van der Waals surface area contributed by atoms with E-state index in [2.05, 4.69) is 6.07 Å². The molecule has 0 unspecified atom stereocenters. The topological polar surface area (TPSA) is 61.5 Å². The quantitative estimate of drug-likeness (QED) is 0.882. The first-order valence-electron chi connectivity index (χ1n) is 6.91. The molecule has 0 atom stereocenters. The molecule has 5 heteroatoms. The van der Waals surface area contributed by atoms with Gasteiger partial charge in [0.2, 0.25) is 0 Å². The molecule has 0 amide bonds. The first-order chi connectivity index (χ1) is 10.1. The van der Waals surface area contributed by atoms with Crippen LogP contribution in [-0.2, 0) is 17.6 Å². The predicted molar refractivity (Wildman–Crippen MR) is 83.1 cm³/mol. The van der Waals surface area contributed by atoms with Crippen LogP contribution in [0.25, 0.3) is 0 Å². The molecule has 1 aliphatic heterocycles. The largest absolute Gasteiger partial charge is 0.493 e. The monoisotopic (exact) mass is 303 g/mol. The van der Waals surface area contributed by atoms with Crippen molar-refractivity contribution < 1.29 is 14.3 Å². The summed E-state index contributed by atoms with van der Waals surface area (Å²) in [6, 6.07) is 7.81. The van der Waals surface area contributed by atoms with Gasteiger partial charge in [0, 0.05) is 23.4 Å². The maximum absolute atomic E-state index is 11.9. The first-order valence-corrected chi connectivity index (χ1v) is 7.73. The summed E-state index contributed by atoms with van der Waals surface area (Å²) in [5.41, 5.74) is 8.78. The Hall–Kier alpha value is -2.01. The molecule has 0 radical (unpaired) electrons. The lowest BCUT2D eigenvalue weighted by Crippen LogP contribution is -2.06. The fraction of sp³-hybridized carbons (Fsp3) is 0.312. The van der Waals surface area contributed by atoms with Crippen LogP contribution < -0.4 is 10.5 Å². The number of aryl methyl sites for hydroxylation is 1. The van der Waals surface area contributed by atoms with E-state index in [1.807, 2.05) is 19.1 Å². The van der Waals surface area contributed by atoms with Gasteiger partial charge in [0.1, 0.15) is 10.6 Å². The van der Waals surface area contributed by atoms with Crippen LogP contribution in [0.5, 0.6) is 5.75 Å². The van der Waals surface area contributed by atoms with E-state index in [4.69, 9.17) is 15.2 Å². The van der Waals surface area contributed by atoms with Crippen molar-refractivity contribution in [2.24, 2.45) is 0 Å². The Morgan fingerprint density at radius 2 is 2.29 bits per heavy atom. The number of nitrogens with two attached hydrogens (primary N) is 1. The summed E-state index contributed by atoms with van der Waals surface area (Å²) in [7, 11) is 0. The second kappa shape index (κ2) is 5.77. The zero-order valence-electron chi connectivity index (χ0n) is 11.8. The van der Waals surface area contributed by atoms with Gasteiger partial charge in [-0.1, -0.05) is 12.1 Å². The van der Waals surface area contributed by atoms with E-state index in [9.17, 15) is 4.79 Å². The third-order valence-corrected chi connectivity index (χ3v) is 4.58. The van der Waals surface area contributed by atoms with E-state index < -0.39 is 0 Å². The number of esters is 1. The molecule has 1 aromatic carbocycles. The summed E-state index contributed by atoms with van der Waals surface area (Å²) >= 11 is 1.37. The lowest BCUT2D eigenvalue weighted by molar-refractivity contribution is 0.0515. The summed E-state index contributed by atoms with van der Waals surface area (Å²) in [6.45, 7) is 3.02. The SMILES string of the molecule is Cc1sc(C(=O)OCCc2ccc3c(c2)CCO3)cc1N. The van der Waals surface area contributed by atoms with Crippen LogP contribution in [-0.4, -0.2) is 19.2 Å². The number of anilines is 1. The molecule has 0 saturated carbocycles. The molecular weight excluding hydrogens is 286 g/mol. The Morgan fingerprint density at radius 1 is 1.43 bits per heavy atom. The van der Waals surface area contributed by atoms with Crippen molar-refractivity contribution in [3.63, 3.8) is 0 Å². The van der Waals surface area contributed by atoms with E-state index in [-0.39, 0.29) is 5.97 Å². The molecular formula is C16H17NO3S. The summed E-state index contributed by atoms with van der Waals surface area (Å²) in [5.74, 6) is 0.671. The molecule has 4 nitrogen and oxygen atoms in total. The minimum Gasteiger partial charge on any atom is -0.493 e. The zero-order chi connectivity index (χ0) is 14.8. The van der Waals surface area contributed by atoms with Gasteiger partial charge >= 0.3 is 5.97 Å². The predicted octanol–water partition coefficient (Wildman–Crippen LogP) is 2.97. The molecule has 2 heterocycles. The van der Waals surface area contributed by atoms with Gasteiger partial charge in [-0.2, -0.15) is 0 Å². The maximum Gasteiger partial charge on any atom is 0.348 e. The van der Waals surface area contributed by atoms with Crippen LogP contribution in [0.15, 0.2) is 24.3 Å². The summed E-state index contributed by atoms with van der Waals surface area (Å²) in [6.07, 6.45) is 1.66. The Kier molecular flexibility index (Phi) is 3.84. The van der Waals surface area contributed by atoms with E-state index in [0.717, 1.165) is 29.2 Å². The molecule has 1 aliphatic rings. The van der Waals surface area contributed by atoms with E-state index in [0.29, 0.717) is 23.6 Å². The van der Waals surface area contributed by atoms with Crippen LogP contribution in [0.2, 0.25) is 0 Å². The number of rotatable bonds is 4. The molecule has 0 spiro atoms. The van der Waals surface area contributed by atoms with Crippen molar-refractivity contribution in [2.45, 2.75) is 19.8 Å². The number of benzene rings is 1. The van der Waals surface area contributed by atoms with Crippen molar-refractivity contribution in [2.75, 3.05) is 18.9 Å². The van der Waals surface area contributed by atoms with Crippen molar-refractivity contribution in [3.8, 4) is 5.75 Å². The van der Waals surface area contributed by atoms with Gasteiger partial charge in [-0.3, -0.25) is 0 Å². The standard InChI is InChI=1S/C16H17NO3S/c1-10-13(17)9-15(21-10)16(18)20-6-4-11-2-3-14-12(8-11)5-7-19-14/h2-3,8-9H,4-7,17H2,1H3. The fourth-order valence-corrected chi connectivity index (χ4v) is 3.16. The Balaban J connectivity index is 1.55. The number of hydrogen-bond acceptors (Lipinski definition) is 5. The Bertz CT molecular complexity index is 659. The molecule has 0 fully saturated rings. The second-order valence-corrected chi connectivity index (χ2v) is 6.30. The third-order valence-electron chi connectivity index (χ3n) is 3.54. The number of nitrogen functional groups attached to an aromatic ring is 1. The summed E-state index contributed by atoms with van der Waals surface area (Å²) in [5, 5.41) is 0. The number of fused-ring (bicyclic) bond motifs is 1. The molecule has 0 bridgehead atoms. The zero-order valence-corrected chi connectivity index (χ0v) is 12.7. The minimum atomic E-state index is -0.302. The second-order valence-electron chi connectivity index (χ2n) is 5.05. The average molecular weight is 303 g/mol. The van der Waals surface area contributed by atoms with Gasteiger partial charge < -0.3 is 15.2 Å². The third kappa shape index (κ3) is 3.03. The van der Waals surface area contributed by atoms with Gasteiger partial charge in [0.15, 0.2) is 0 Å². The number of carbonyl (C=O) groups is 1. The smallest absolute Gasteiger partial charge is 0.348 e. The first kappa shape index (κ1) is 13.9. The lowest BCUT2D eigenvalue weighted by Gasteiger charge is -2.05. The molecule has 2 aromatic rings. The number of ether oxygens (including phenoxy) is 2.